The van der Waals surface area contributed by atoms with E-state index in [2.05, 4.69) is 46.1 Å². The Morgan fingerprint density at radius 1 is 1.21 bits per heavy atom. The van der Waals surface area contributed by atoms with E-state index in [0.29, 0.717) is 18.3 Å². The maximum absolute atomic E-state index is 13.1. The van der Waals surface area contributed by atoms with Gasteiger partial charge in [0.2, 0.25) is 5.91 Å². The smallest absolute Gasteiger partial charge is 0.230 e. The number of benzene rings is 1. The Morgan fingerprint density at radius 2 is 2.00 bits per heavy atom. The summed E-state index contributed by atoms with van der Waals surface area (Å²) in [5, 5.41) is 6.97. The van der Waals surface area contributed by atoms with Gasteiger partial charge in [-0.25, -0.2) is 4.98 Å². The van der Waals surface area contributed by atoms with E-state index in [1.54, 1.807) is 7.11 Å². The first-order valence-electron chi connectivity index (χ1n) is 12.2. The Hall–Kier alpha value is -2.77. The molecule has 180 valence electrons. The number of methoxy groups -OCH3 is 1. The minimum atomic E-state index is 0.0966. The Kier molecular flexibility index (Phi) is 7.40. The van der Waals surface area contributed by atoms with Crippen molar-refractivity contribution in [2.75, 3.05) is 31.6 Å². The molecular weight excluding hydrogens is 418 g/mol. The Balaban J connectivity index is 1.48. The summed E-state index contributed by atoms with van der Waals surface area (Å²) in [5.74, 6) is 3.48. The molecule has 2 fully saturated rings. The van der Waals surface area contributed by atoms with E-state index in [9.17, 15) is 4.79 Å². The lowest BCUT2D eigenvalue weighted by atomic mass is 9.99. The molecule has 0 radical (unpaired) electrons. The van der Waals surface area contributed by atoms with Crippen molar-refractivity contribution in [3.63, 3.8) is 0 Å². The molecule has 33 heavy (non-hydrogen) atoms. The van der Waals surface area contributed by atoms with Crippen LogP contribution >= 0.6 is 0 Å². The van der Waals surface area contributed by atoms with Gasteiger partial charge >= 0.3 is 0 Å². The average molecular weight is 456 g/mol. The summed E-state index contributed by atoms with van der Waals surface area (Å²) in [6, 6.07) is 6.35. The summed E-state index contributed by atoms with van der Waals surface area (Å²) in [6.45, 7) is 8.53. The van der Waals surface area contributed by atoms with Gasteiger partial charge in [-0.2, -0.15) is 5.10 Å². The molecule has 8 heteroatoms. The molecule has 1 saturated carbocycles. The first kappa shape index (κ1) is 23.4. The Bertz CT molecular complexity index is 938. The van der Waals surface area contributed by atoms with Gasteiger partial charge in [-0.15, -0.1) is 0 Å². The quantitative estimate of drug-likeness (QED) is 0.653. The van der Waals surface area contributed by atoms with Gasteiger partial charge in [0.1, 0.15) is 5.82 Å². The zero-order valence-corrected chi connectivity index (χ0v) is 20.3. The van der Waals surface area contributed by atoms with Crippen LogP contribution in [0.1, 0.15) is 57.6 Å². The van der Waals surface area contributed by atoms with Crippen LogP contribution in [0, 0.1) is 12.8 Å². The topological polar surface area (TPSA) is 83.6 Å². The summed E-state index contributed by atoms with van der Waals surface area (Å²) < 4.78 is 11.9. The number of nitrogens with one attached hydrogen (secondary N) is 1. The molecule has 2 aromatic rings. The number of amides is 1. The van der Waals surface area contributed by atoms with E-state index < -0.39 is 0 Å². The number of anilines is 1. The molecule has 1 aromatic carbocycles. The standard InChI is InChI=1S/C25H37N5O3/c1-17(2)13-20-16-29(11-12-30(20)25(31)15-24-26-18(3)27-28-24)19-9-10-22(32-4)23(14-19)33-21-7-5-6-8-21/h9-10,14,17,20-21H,5-8,11-13,15-16H2,1-4H3,(H,26,27,28)/t20-/m0/s1. The minimum absolute atomic E-state index is 0.0966. The molecule has 0 unspecified atom stereocenters. The van der Waals surface area contributed by atoms with E-state index in [1.165, 1.54) is 12.8 Å². The van der Waals surface area contributed by atoms with E-state index in [-0.39, 0.29) is 24.5 Å². The number of hydrogen-bond acceptors (Lipinski definition) is 6. The zero-order chi connectivity index (χ0) is 23.4. The van der Waals surface area contributed by atoms with Crippen LogP contribution in [0.2, 0.25) is 0 Å². The van der Waals surface area contributed by atoms with Gasteiger partial charge in [-0.1, -0.05) is 13.8 Å². The van der Waals surface area contributed by atoms with Crippen molar-refractivity contribution >= 4 is 11.6 Å². The van der Waals surface area contributed by atoms with Crippen LogP contribution in [0.25, 0.3) is 0 Å². The molecule has 1 amide bonds. The predicted molar refractivity (Wildman–Crippen MR) is 128 cm³/mol. The second-order valence-electron chi connectivity index (χ2n) is 9.69. The largest absolute Gasteiger partial charge is 0.493 e. The number of ether oxygens (including phenoxy) is 2. The van der Waals surface area contributed by atoms with Crippen LogP contribution in [-0.2, 0) is 11.2 Å². The molecular formula is C25H37N5O3. The van der Waals surface area contributed by atoms with Crippen molar-refractivity contribution in [2.45, 2.75) is 71.4 Å². The number of hydrogen-bond donors (Lipinski definition) is 1. The SMILES string of the molecule is COc1ccc(N2CCN(C(=O)Cc3n[nH]c(C)n3)[C@@H](CC(C)C)C2)cc1OC1CCCC1. The van der Waals surface area contributed by atoms with Crippen molar-refractivity contribution in [1.82, 2.24) is 20.1 Å². The maximum atomic E-state index is 13.1. The van der Waals surface area contributed by atoms with E-state index in [1.807, 2.05) is 17.9 Å². The third kappa shape index (κ3) is 5.78. The molecule has 8 nitrogen and oxygen atoms in total. The van der Waals surface area contributed by atoms with Gasteiger partial charge < -0.3 is 19.3 Å². The first-order chi connectivity index (χ1) is 15.9. The van der Waals surface area contributed by atoms with Gasteiger partial charge in [0.25, 0.3) is 0 Å². The summed E-state index contributed by atoms with van der Waals surface area (Å²) in [4.78, 5) is 21.8. The molecule has 1 aromatic heterocycles. The average Bonchev–Trinajstić information content (AvgIpc) is 3.44. The molecule has 1 atom stereocenters. The monoisotopic (exact) mass is 455 g/mol. The number of piperazine rings is 1. The van der Waals surface area contributed by atoms with Gasteiger partial charge in [0, 0.05) is 37.4 Å². The van der Waals surface area contributed by atoms with Gasteiger partial charge in [-0.05, 0) is 57.1 Å². The molecule has 2 heterocycles. The highest BCUT2D eigenvalue weighted by Gasteiger charge is 2.32. The lowest BCUT2D eigenvalue weighted by molar-refractivity contribution is -0.133. The highest BCUT2D eigenvalue weighted by atomic mass is 16.5. The van der Waals surface area contributed by atoms with Crippen LogP contribution in [0.5, 0.6) is 11.5 Å². The van der Waals surface area contributed by atoms with Crippen molar-refractivity contribution < 1.29 is 14.3 Å². The lowest BCUT2D eigenvalue weighted by Crippen LogP contribution is -2.56. The molecule has 0 spiro atoms. The number of carbonyl (C=O) groups excluding carboxylic acids is 1. The molecule has 0 bridgehead atoms. The van der Waals surface area contributed by atoms with Gasteiger partial charge in [0.15, 0.2) is 17.3 Å². The Morgan fingerprint density at radius 3 is 2.67 bits per heavy atom. The van der Waals surface area contributed by atoms with Crippen molar-refractivity contribution in [2.24, 2.45) is 5.92 Å². The fourth-order valence-electron chi connectivity index (χ4n) is 5.01. The van der Waals surface area contributed by atoms with Crippen LogP contribution < -0.4 is 14.4 Å². The minimum Gasteiger partial charge on any atom is -0.493 e. The summed E-state index contributed by atoms with van der Waals surface area (Å²) in [5.41, 5.74) is 1.12. The molecule has 1 saturated heterocycles. The number of aromatic nitrogens is 3. The molecule has 1 N–H and O–H groups in total. The third-order valence-electron chi connectivity index (χ3n) is 6.61. The Labute approximate surface area is 196 Å². The molecule has 1 aliphatic heterocycles. The number of H-pyrrole nitrogens is 1. The van der Waals surface area contributed by atoms with Crippen LogP contribution in [0.3, 0.4) is 0 Å². The van der Waals surface area contributed by atoms with Crippen molar-refractivity contribution in [3.05, 3.63) is 29.8 Å². The van der Waals surface area contributed by atoms with E-state index in [0.717, 1.165) is 55.4 Å². The zero-order valence-electron chi connectivity index (χ0n) is 20.3. The molecule has 1 aliphatic carbocycles. The first-order valence-corrected chi connectivity index (χ1v) is 12.2. The maximum Gasteiger partial charge on any atom is 0.230 e. The van der Waals surface area contributed by atoms with Crippen LogP contribution in [0.15, 0.2) is 18.2 Å². The lowest BCUT2D eigenvalue weighted by Gasteiger charge is -2.43. The fraction of sp³-hybridized carbons (Fsp3) is 0.640. The second kappa shape index (κ2) is 10.4. The number of aromatic amines is 1. The second-order valence-corrected chi connectivity index (χ2v) is 9.69. The van der Waals surface area contributed by atoms with Gasteiger partial charge in [0.05, 0.1) is 19.6 Å². The number of aryl methyl sites for hydroxylation is 1. The van der Waals surface area contributed by atoms with Crippen molar-refractivity contribution in [3.8, 4) is 11.5 Å². The third-order valence-corrected chi connectivity index (χ3v) is 6.61. The summed E-state index contributed by atoms with van der Waals surface area (Å²) in [6.07, 6.45) is 6.14. The predicted octanol–water partition coefficient (Wildman–Crippen LogP) is 3.75. The van der Waals surface area contributed by atoms with Crippen LogP contribution in [-0.4, -0.2) is 64.9 Å². The summed E-state index contributed by atoms with van der Waals surface area (Å²) >= 11 is 0. The fourth-order valence-corrected chi connectivity index (χ4v) is 5.01. The summed E-state index contributed by atoms with van der Waals surface area (Å²) in [7, 11) is 1.69. The highest BCUT2D eigenvalue weighted by molar-refractivity contribution is 5.78. The molecule has 4 rings (SSSR count). The van der Waals surface area contributed by atoms with Gasteiger partial charge in [-0.3, -0.25) is 9.89 Å². The van der Waals surface area contributed by atoms with E-state index in [4.69, 9.17) is 9.47 Å². The van der Waals surface area contributed by atoms with Crippen LogP contribution in [0.4, 0.5) is 5.69 Å². The number of nitrogens with zero attached hydrogens (tertiary/aromatic N) is 4. The van der Waals surface area contributed by atoms with Crippen molar-refractivity contribution in [1.29, 1.82) is 0 Å². The van der Waals surface area contributed by atoms with E-state index >= 15 is 0 Å². The number of rotatable bonds is 8. The number of carbonyl (C=O) groups is 1. The molecule has 2 aliphatic rings. The highest BCUT2D eigenvalue weighted by Crippen LogP contribution is 2.36. The normalized spacial score (nSPS) is 19.4.